The number of hydrogen-bond acceptors (Lipinski definition) is 5. The van der Waals surface area contributed by atoms with Gasteiger partial charge in [0.2, 0.25) is 5.91 Å². The fourth-order valence-electron chi connectivity index (χ4n) is 3.37. The van der Waals surface area contributed by atoms with Crippen molar-refractivity contribution in [3.63, 3.8) is 0 Å². The minimum atomic E-state index is -0.442. The summed E-state index contributed by atoms with van der Waals surface area (Å²) in [5, 5.41) is 24.0. The van der Waals surface area contributed by atoms with Gasteiger partial charge in [-0.25, -0.2) is 0 Å². The number of aromatic nitrogens is 3. The summed E-state index contributed by atoms with van der Waals surface area (Å²) < 4.78 is 2.18. The van der Waals surface area contributed by atoms with E-state index >= 15 is 0 Å². The second-order valence-electron chi connectivity index (χ2n) is 6.47. The summed E-state index contributed by atoms with van der Waals surface area (Å²) >= 11 is 0. The van der Waals surface area contributed by atoms with Crippen LogP contribution in [0, 0.1) is 0 Å². The van der Waals surface area contributed by atoms with E-state index < -0.39 is 6.10 Å². The third kappa shape index (κ3) is 4.17. The first kappa shape index (κ1) is 20.6. The van der Waals surface area contributed by atoms with Gasteiger partial charge in [0.05, 0.1) is 12.1 Å². The Hall–Kier alpha value is -1.67. The molecule has 142 valence electrons. The number of fused-ring (bicyclic) bond motifs is 1. The maximum Gasteiger partial charge on any atom is 0.241 e. The SMILES string of the molecule is Cl.Cl.O=C(Nc1ccc(-c2nnc3n2CCCC3)cc1)C1CC(O)CN1. The molecule has 2 aromatic rings. The molecular formula is C17H23Cl2N5O2. The number of nitrogens with zero attached hydrogens (tertiary/aromatic N) is 3. The Balaban J connectivity index is 0.00000121. The van der Waals surface area contributed by atoms with Crippen molar-refractivity contribution >= 4 is 36.4 Å². The van der Waals surface area contributed by atoms with E-state index in [1.165, 1.54) is 6.42 Å². The molecule has 0 bridgehead atoms. The van der Waals surface area contributed by atoms with E-state index in [-0.39, 0.29) is 36.8 Å². The minimum Gasteiger partial charge on any atom is -0.392 e. The predicted octanol–water partition coefficient (Wildman–Crippen LogP) is 1.79. The summed E-state index contributed by atoms with van der Waals surface area (Å²) in [6.07, 6.45) is 3.33. The molecule has 4 rings (SSSR count). The summed E-state index contributed by atoms with van der Waals surface area (Å²) in [6.45, 7) is 1.43. The molecule has 2 atom stereocenters. The second kappa shape index (κ2) is 8.81. The Kier molecular flexibility index (Phi) is 7.00. The number of halogens is 2. The number of nitrogens with one attached hydrogen (secondary N) is 2. The van der Waals surface area contributed by atoms with Gasteiger partial charge < -0.3 is 20.3 Å². The van der Waals surface area contributed by atoms with Gasteiger partial charge in [-0.15, -0.1) is 35.0 Å². The summed E-state index contributed by atoms with van der Waals surface area (Å²) in [5.74, 6) is 1.84. The topological polar surface area (TPSA) is 92.1 Å². The molecular weight excluding hydrogens is 377 g/mol. The largest absolute Gasteiger partial charge is 0.392 e. The Morgan fingerprint density at radius 3 is 2.65 bits per heavy atom. The van der Waals surface area contributed by atoms with Crippen LogP contribution in [-0.2, 0) is 17.8 Å². The van der Waals surface area contributed by atoms with Gasteiger partial charge in [-0.3, -0.25) is 4.79 Å². The van der Waals surface area contributed by atoms with Gasteiger partial charge in [0, 0.05) is 30.8 Å². The minimum absolute atomic E-state index is 0. The molecule has 7 nitrogen and oxygen atoms in total. The average Bonchev–Trinajstić information content (AvgIpc) is 3.22. The van der Waals surface area contributed by atoms with Crippen LogP contribution in [0.3, 0.4) is 0 Å². The molecule has 26 heavy (non-hydrogen) atoms. The van der Waals surface area contributed by atoms with Crippen molar-refractivity contribution in [2.24, 2.45) is 0 Å². The Labute approximate surface area is 164 Å². The monoisotopic (exact) mass is 399 g/mol. The standard InChI is InChI=1S/C17H21N5O2.2ClH/c23-13-9-14(18-10-13)17(24)19-12-6-4-11(5-7-12)16-21-20-15-3-1-2-8-22(15)16;;/h4-7,13-14,18,23H,1-3,8-10H2,(H,19,24);2*1H. The smallest absolute Gasteiger partial charge is 0.241 e. The van der Waals surface area contributed by atoms with E-state index in [9.17, 15) is 9.90 Å². The van der Waals surface area contributed by atoms with E-state index in [0.717, 1.165) is 42.3 Å². The Bertz CT molecular complexity index is 750. The van der Waals surface area contributed by atoms with Gasteiger partial charge in [-0.1, -0.05) is 0 Å². The molecule has 0 saturated carbocycles. The van der Waals surface area contributed by atoms with Crippen LogP contribution in [0.5, 0.6) is 0 Å². The molecule has 2 aliphatic rings. The molecule has 0 aliphatic carbocycles. The molecule has 1 aromatic heterocycles. The van der Waals surface area contributed by atoms with Crippen LogP contribution in [0.25, 0.3) is 11.4 Å². The van der Waals surface area contributed by atoms with Crippen LogP contribution in [0.4, 0.5) is 5.69 Å². The van der Waals surface area contributed by atoms with E-state index in [1.807, 2.05) is 24.3 Å². The maximum absolute atomic E-state index is 12.2. The third-order valence-corrected chi connectivity index (χ3v) is 4.69. The zero-order chi connectivity index (χ0) is 16.5. The number of carbonyl (C=O) groups is 1. The highest BCUT2D eigenvalue weighted by Gasteiger charge is 2.28. The third-order valence-electron chi connectivity index (χ3n) is 4.69. The van der Waals surface area contributed by atoms with Crippen molar-refractivity contribution in [2.45, 2.75) is 44.4 Å². The molecule has 1 saturated heterocycles. The Morgan fingerprint density at radius 1 is 1.19 bits per heavy atom. The predicted molar refractivity (Wildman–Crippen MR) is 104 cm³/mol. The molecule has 1 fully saturated rings. The number of anilines is 1. The molecule has 3 heterocycles. The molecule has 9 heteroatoms. The number of β-amino-alcohol motifs (C(OH)–C–C–N with tert-alkyl or cyclic N) is 1. The molecule has 0 spiro atoms. The van der Waals surface area contributed by atoms with E-state index in [4.69, 9.17) is 0 Å². The van der Waals surface area contributed by atoms with E-state index in [2.05, 4.69) is 25.4 Å². The van der Waals surface area contributed by atoms with Crippen LogP contribution < -0.4 is 10.6 Å². The van der Waals surface area contributed by atoms with Crippen molar-refractivity contribution in [1.29, 1.82) is 0 Å². The first-order valence-corrected chi connectivity index (χ1v) is 8.45. The van der Waals surface area contributed by atoms with Crippen LogP contribution in [0.2, 0.25) is 0 Å². The molecule has 3 N–H and O–H groups in total. The van der Waals surface area contributed by atoms with Crippen molar-refractivity contribution in [3.8, 4) is 11.4 Å². The van der Waals surface area contributed by atoms with Gasteiger partial charge >= 0.3 is 0 Å². The first-order valence-electron chi connectivity index (χ1n) is 8.45. The molecule has 0 radical (unpaired) electrons. The van der Waals surface area contributed by atoms with Crippen molar-refractivity contribution < 1.29 is 9.90 Å². The summed E-state index contributed by atoms with van der Waals surface area (Å²) in [6, 6.07) is 7.34. The zero-order valence-electron chi connectivity index (χ0n) is 14.2. The maximum atomic E-state index is 12.2. The molecule has 2 unspecified atom stereocenters. The van der Waals surface area contributed by atoms with Crippen molar-refractivity contribution in [3.05, 3.63) is 30.1 Å². The van der Waals surface area contributed by atoms with Crippen molar-refractivity contribution in [1.82, 2.24) is 20.1 Å². The van der Waals surface area contributed by atoms with Gasteiger partial charge in [0.25, 0.3) is 0 Å². The van der Waals surface area contributed by atoms with Crippen LogP contribution in [0.1, 0.15) is 25.1 Å². The lowest BCUT2D eigenvalue weighted by molar-refractivity contribution is -0.117. The fourth-order valence-corrected chi connectivity index (χ4v) is 3.37. The lowest BCUT2D eigenvalue weighted by Crippen LogP contribution is -2.35. The number of hydrogen-bond donors (Lipinski definition) is 3. The van der Waals surface area contributed by atoms with E-state index in [1.54, 1.807) is 0 Å². The van der Waals surface area contributed by atoms with Gasteiger partial charge in [-0.05, 0) is 43.5 Å². The van der Waals surface area contributed by atoms with Crippen LogP contribution in [-0.4, -0.2) is 44.5 Å². The second-order valence-corrected chi connectivity index (χ2v) is 6.47. The van der Waals surface area contributed by atoms with Gasteiger partial charge in [0.15, 0.2) is 5.82 Å². The Morgan fingerprint density at radius 2 is 1.96 bits per heavy atom. The normalized spacial score (nSPS) is 21.3. The number of aliphatic hydroxyl groups excluding tert-OH is 1. The van der Waals surface area contributed by atoms with Gasteiger partial charge in [-0.2, -0.15) is 0 Å². The summed E-state index contributed by atoms with van der Waals surface area (Å²) in [5.41, 5.74) is 1.74. The number of rotatable bonds is 3. The number of benzene rings is 1. The quantitative estimate of drug-likeness (QED) is 0.731. The molecule has 1 aromatic carbocycles. The number of aryl methyl sites for hydroxylation is 1. The zero-order valence-corrected chi connectivity index (χ0v) is 15.9. The van der Waals surface area contributed by atoms with Crippen LogP contribution in [0.15, 0.2) is 24.3 Å². The highest BCUT2D eigenvalue weighted by molar-refractivity contribution is 5.95. The van der Waals surface area contributed by atoms with E-state index in [0.29, 0.717) is 13.0 Å². The highest BCUT2D eigenvalue weighted by atomic mass is 35.5. The molecule has 1 amide bonds. The lowest BCUT2D eigenvalue weighted by Gasteiger charge is -2.15. The molecule has 2 aliphatic heterocycles. The summed E-state index contributed by atoms with van der Waals surface area (Å²) in [4.78, 5) is 12.2. The first-order chi connectivity index (χ1) is 11.7. The van der Waals surface area contributed by atoms with Gasteiger partial charge in [0.1, 0.15) is 5.82 Å². The number of aliphatic hydroxyl groups is 1. The van der Waals surface area contributed by atoms with Crippen molar-refractivity contribution in [2.75, 3.05) is 11.9 Å². The van der Waals surface area contributed by atoms with Crippen LogP contribution >= 0.6 is 24.8 Å². The summed E-state index contributed by atoms with van der Waals surface area (Å²) in [7, 11) is 0. The number of carbonyl (C=O) groups excluding carboxylic acids is 1. The highest BCUT2D eigenvalue weighted by Crippen LogP contribution is 2.24. The average molecular weight is 400 g/mol. The lowest BCUT2D eigenvalue weighted by atomic mass is 10.1. The fraction of sp³-hybridized carbons (Fsp3) is 0.471. The number of amides is 1.